The number of ether oxygens (including phenoxy) is 1. The van der Waals surface area contributed by atoms with Gasteiger partial charge in [-0.3, -0.25) is 20.6 Å². The van der Waals surface area contributed by atoms with Crippen molar-refractivity contribution < 1.29 is 13.9 Å². The largest absolute Gasteiger partial charge is 0.460 e. The first-order chi connectivity index (χ1) is 15.1. The van der Waals surface area contributed by atoms with E-state index in [-0.39, 0.29) is 11.8 Å². The number of benzene rings is 1. The number of rotatable bonds is 9. The Labute approximate surface area is 179 Å². The van der Waals surface area contributed by atoms with Gasteiger partial charge in [0.05, 0.1) is 6.54 Å². The number of hydrogen-bond donors (Lipinski definition) is 4. The van der Waals surface area contributed by atoms with E-state index in [1.165, 1.54) is 6.08 Å². The third-order valence-electron chi connectivity index (χ3n) is 4.46. The molecule has 0 unspecified atom stereocenters. The molecule has 1 aromatic carbocycles. The predicted octanol–water partition coefficient (Wildman–Crippen LogP) is 3.99. The number of nitrogens with two attached hydrogens (primary N) is 1. The van der Waals surface area contributed by atoms with Crippen LogP contribution < -0.4 is 11.1 Å². The maximum absolute atomic E-state index is 12.3. The van der Waals surface area contributed by atoms with Crippen molar-refractivity contribution in [2.24, 2.45) is 5.73 Å². The quantitative estimate of drug-likeness (QED) is 0.237. The zero-order chi connectivity index (χ0) is 22.1. The standard InChI is InChI=1S/C23H23N5O3/c24-13-19-7-8-21(31-19)20-11-12-27-14-17(20)4-10-23(29)28-18-5-1-16(2-6-18)3-9-22(26)30-15-25/h1-2,4-8,10-12,14-15,25-26H,3,9,13,24H2,(H,28,29)/b10-4+,25-15?,26-22?. The third kappa shape index (κ3) is 6.22. The van der Waals surface area contributed by atoms with E-state index < -0.39 is 0 Å². The molecule has 0 atom stereocenters. The Balaban J connectivity index is 1.61. The van der Waals surface area contributed by atoms with E-state index in [0.717, 1.165) is 23.1 Å². The number of amides is 1. The Hall–Kier alpha value is -4.04. The van der Waals surface area contributed by atoms with E-state index in [4.69, 9.17) is 25.7 Å². The summed E-state index contributed by atoms with van der Waals surface area (Å²) in [7, 11) is 0. The smallest absolute Gasteiger partial charge is 0.248 e. The van der Waals surface area contributed by atoms with Crippen molar-refractivity contribution in [1.29, 1.82) is 10.8 Å². The summed E-state index contributed by atoms with van der Waals surface area (Å²) in [5, 5.41) is 17.1. The molecule has 3 rings (SSSR count). The Bertz CT molecular complexity index is 1090. The minimum atomic E-state index is -0.272. The van der Waals surface area contributed by atoms with E-state index >= 15 is 0 Å². The molecule has 0 bridgehead atoms. The van der Waals surface area contributed by atoms with Crippen LogP contribution in [0.3, 0.4) is 0 Å². The second-order valence-electron chi connectivity index (χ2n) is 6.61. The number of aromatic nitrogens is 1. The van der Waals surface area contributed by atoms with E-state index in [1.54, 1.807) is 30.6 Å². The number of aryl methyl sites for hydroxylation is 1. The molecule has 0 aliphatic rings. The Morgan fingerprint density at radius 1 is 1.19 bits per heavy atom. The summed E-state index contributed by atoms with van der Waals surface area (Å²) in [5.74, 6) is 1.12. The fraction of sp³-hybridized carbons (Fsp3) is 0.130. The normalized spacial score (nSPS) is 10.7. The van der Waals surface area contributed by atoms with Gasteiger partial charge in [-0.1, -0.05) is 12.1 Å². The topological polar surface area (TPSA) is 138 Å². The zero-order valence-corrected chi connectivity index (χ0v) is 16.8. The van der Waals surface area contributed by atoms with Gasteiger partial charge in [0.1, 0.15) is 11.5 Å². The van der Waals surface area contributed by atoms with Gasteiger partial charge in [-0.15, -0.1) is 0 Å². The predicted molar refractivity (Wildman–Crippen MR) is 120 cm³/mol. The number of nitrogens with zero attached hydrogens (tertiary/aromatic N) is 1. The van der Waals surface area contributed by atoms with E-state index in [2.05, 4.69) is 10.3 Å². The molecule has 0 saturated heterocycles. The maximum Gasteiger partial charge on any atom is 0.248 e. The third-order valence-corrected chi connectivity index (χ3v) is 4.46. The second-order valence-corrected chi connectivity index (χ2v) is 6.61. The van der Waals surface area contributed by atoms with Crippen LogP contribution >= 0.6 is 0 Å². The summed E-state index contributed by atoms with van der Waals surface area (Å²) in [6.07, 6.45) is 8.22. The van der Waals surface area contributed by atoms with Crippen LogP contribution in [0.2, 0.25) is 0 Å². The molecule has 0 radical (unpaired) electrons. The van der Waals surface area contributed by atoms with Crippen LogP contribution in [-0.4, -0.2) is 23.2 Å². The number of nitrogens with one attached hydrogen (secondary N) is 3. The first-order valence-corrected chi connectivity index (χ1v) is 9.63. The van der Waals surface area contributed by atoms with Crippen molar-refractivity contribution >= 4 is 30.0 Å². The van der Waals surface area contributed by atoms with Crippen LogP contribution in [0.25, 0.3) is 17.4 Å². The fourth-order valence-electron chi connectivity index (χ4n) is 2.89. The van der Waals surface area contributed by atoms with Gasteiger partial charge in [-0.05, 0) is 48.4 Å². The number of pyridine rings is 1. The van der Waals surface area contributed by atoms with Crippen LogP contribution in [0, 0.1) is 10.8 Å². The molecule has 5 N–H and O–H groups in total. The molecular weight excluding hydrogens is 394 g/mol. The maximum atomic E-state index is 12.3. The highest BCUT2D eigenvalue weighted by molar-refractivity contribution is 6.02. The zero-order valence-electron chi connectivity index (χ0n) is 16.8. The van der Waals surface area contributed by atoms with Gasteiger partial charge in [-0.2, -0.15) is 0 Å². The summed E-state index contributed by atoms with van der Waals surface area (Å²) in [4.78, 5) is 16.5. The van der Waals surface area contributed by atoms with Gasteiger partial charge in [-0.25, -0.2) is 0 Å². The molecule has 3 aromatic rings. The summed E-state index contributed by atoms with van der Waals surface area (Å²) >= 11 is 0. The molecule has 31 heavy (non-hydrogen) atoms. The summed E-state index contributed by atoms with van der Waals surface area (Å²) in [6.45, 7) is 0.317. The van der Waals surface area contributed by atoms with E-state index in [9.17, 15) is 4.79 Å². The molecule has 8 heteroatoms. The molecular formula is C23H23N5O3. The average Bonchev–Trinajstić information content (AvgIpc) is 3.27. The first kappa shape index (κ1) is 21.7. The minimum Gasteiger partial charge on any atom is -0.460 e. The van der Waals surface area contributed by atoms with Gasteiger partial charge < -0.3 is 20.2 Å². The second kappa shape index (κ2) is 10.7. The molecule has 2 heterocycles. The lowest BCUT2D eigenvalue weighted by molar-refractivity contribution is -0.111. The highest BCUT2D eigenvalue weighted by atomic mass is 16.5. The number of furan rings is 1. The molecule has 0 aliphatic heterocycles. The molecule has 8 nitrogen and oxygen atoms in total. The fourth-order valence-corrected chi connectivity index (χ4v) is 2.89. The molecule has 2 aromatic heterocycles. The molecule has 158 valence electrons. The van der Waals surface area contributed by atoms with Gasteiger partial charge in [0.2, 0.25) is 5.91 Å². The Morgan fingerprint density at radius 2 is 2.00 bits per heavy atom. The lowest BCUT2D eigenvalue weighted by Gasteiger charge is -2.06. The molecule has 0 spiro atoms. The minimum absolute atomic E-state index is 0.0427. The Morgan fingerprint density at radius 3 is 2.71 bits per heavy atom. The first-order valence-electron chi connectivity index (χ1n) is 9.63. The highest BCUT2D eigenvalue weighted by Crippen LogP contribution is 2.26. The van der Waals surface area contributed by atoms with Gasteiger partial charge in [0.25, 0.3) is 0 Å². The lowest BCUT2D eigenvalue weighted by atomic mass is 10.1. The molecule has 0 saturated carbocycles. The van der Waals surface area contributed by atoms with Crippen molar-refractivity contribution in [1.82, 2.24) is 4.98 Å². The molecule has 1 amide bonds. The van der Waals surface area contributed by atoms with Crippen molar-refractivity contribution in [2.75, 3.05) is 5.32 Å². The van der Waals surface area contributed by atoms with E-state index in [1.807, 2.05) is 30.3 Å². The van der Waals surface area contributed by atoms with Gasteiger partial charge in [0, 0.05) is 41.7 Å². The van der Waals surface area contributed by atoms with Crippen molar-refractivity contribution in [3.8, 4) is 11.3 Å². The van der Waals surface area contributed by atoms with Gasteiger partial charge >= 0.3 is 0 Å². The van der Waals surface area contributed by atoms with Crippen LogP contribution in [0.5, 0.6) is 0 Å². The Kier molecular flexibility index (Phi) is 7.45. The van der Waals surface area contributed by atoms with E-state index in [0.29, 0.717) is 36.6 Å². The van der Waals surface area contributed by atoms with Crippen LogP contribution in [0.4, 0.5) is 5.69 Å². The van der Waals surface area contributed by atoms with Crippen molar-refractivity contribution in [2.45, 2.75) is 19.4 Å². The number of hydrogen-bond acceptors (Lipinski definition) is 7. The van der Waals surface area contributed by atoms with Crippen molar-refractivity contribution in [3.05, 3.63) is 77.8 Å². The van der Waals surface area contributed by atoms with Crippen molar-refractivity contribution in [3.63, 3.8) is 0 Å². The average molecular weight is 417 g/mol. The van der Waals surface area contributed by atoms with Crippen LogP contribution in [-0.2, 0) is 22.5 Å². The molecule has 0 aliphatic carbocycles. The summed E-state index contributed by atoms with van der Waals surface area (Å²) < 4.78 is 10.4. The van der Waals surface area contributed by atoms with Crippen LogP contribution in [0.1, 0.15) is 23.3 Å². The summed E-state index contributed by atoms with van der Waals surface area (Å²) in [6, 6.07) is 12.8. The SMILES string of the molecule is N=COC(=N)CCc1ccc(NC(=O)/C=C/c2cnccc2-c2ccc(CN)o2)cc1. The number of anilines is 1. The monoisotopic (exact) mass is 417 g/mol. The molecule has 0 fully saturated rings. The number of carbonyl (C=O) groups is 1. The van der Waals surface area contributed by atoms with Crippen LogP contribution in [0.15, 0.2) is 65.4 Å². The highest BCUT2D eigenvalue weighted by Gasteiger charge is 2.08. The lowest BCUT2D eigenvalue weighted by Crippen LogP contribution is -2.08. The number of carbonyl (C=O) groups excluding carboxylic acids is 1. The van der Waals surface area contributed by atoms with Gasteiger partial charge in [0.15, 0.2) is 12.3 Å². The summed E-state index contributed by atoms with van der Waals surface area (Å²) in [5.41, 5.74) is 8.84.